The molecule has 1 amide bonds. The number of benzene rings is 3. The summed E-state index contributed by atoms with van der Waals surface area (Å²) in [5.41, 5.74) is 2.89. The number of rotatable bonds is 8. The Balaban J connectivity index is 1.79. The summed E-state index contributed by atoms with van der Waals surface area (Å²) in [6, 6.07) is 27.6. The van der Waals surface area contributed by atoms with Crippen LogP contribution in [0.25, 0.3) is 0 Å². The minimum absolute atomic E-state index is 0.0470. The summed E-state index contributed by atoms with van der Waals surface area (Å²) < 4.78 is 5.63. The van der Waals surface area contributed by atoms with E-state index in [9.17, 15) is 4.79 Å². The molecule has 3 aromatic rings. The van der Waals surface area contributed by atoms with Crippen molar-refractivity contribution in [3.8, 4) is 5.75 Å². The molecule has 0 bridgehead atoms. The largest absolute Gasteiger partial charge is 0.492 e. The van der Waals surface area contributed by atoms with Crippen molar-refractivity contribution in [1.82, 2.24) is 0 Å². The lowest BCUT2D eigenvalue weighted by atomic mass is 10.1. The molecule has 138 valence electrons. The summed E-state index contributed by atoms with van der Waals surface area (Å²) in [6.45, 7) is 2.48. The molecule has 27 heavy (non-hydrogen) atoms. The highest BCUT2D eigenvalue weighted by molar-refractivity contribution is 7.99. The Bertz CT molecular complexity index is 853. The van der Waals surface area contributed by atoms with Crippen molar-refractivity contribution in [1.29, 1.82) is 0 Å². The van der Waals surface area contributed by atoms with Crippen molar-refractivity contribution < 1.29 is 9.53 Å². The number of anilines is 1. The molecule has 0 aliphatic carbocycles. The quantitative estimate of drug-likeness (QED) is 0.547. The summed E-state index contributed by atoms with van der Waals surface area (Å²) in [7, 11) is 0. The molecule has 0 aromatic heterocycles. The zero-order valence-electron chi connectivity index (χ0n) is 15.3. The number of carbonyl (C=O) groups excluding carboxylic acids is 1. The Morgan fingerprint density at radius 3 is 2.26 bits per heavy atom. The molecule has 4 heteroatoms. The van der Waals surface area contributed by atoms with Crippen molar-refractivity contribution in [2.24, 2.45) is 0 Å². The number of para-hydroxylation sites is 2. The lowest BCUT2D eigenvalue weighted by molar-refractivity contribution is -0.115. The molecule has 0 unspecified atom stereocenters. The maximum absolute atomic E-state index is 13.1. The van der Waals surface area contributed by atoms with E-state index < -0.39 is 0 Å². The summed E-state index contributed by atoms with van der Waals surface area (Å²) >= 11 is 1.62. The minimum Gasteiger partial charge on any atom is -0.492 e. The molecule has 0 saturated heterocycles. The van der Waals surface area contributed by atoms with E-state index >= 15 is 0 Å². The van der Waals surface area contributed by atoms with Crippen LogP contribution in [-0.2, 0) is 10.5 Å². The number of carbonyl (C=O) groups is 1. The van der Waals surface area contributed by atoms with Crippen LogP contribution in [0.1, 0.15) is 23.3 Å². The van der Waals surface area contributed by atoms with E-state index in [0.29, 0.717) is 18.0 Å². The molecule has 0 fully saturated rings. The second kappa shape index (κ2) is 9.83. The van der Waals surface area contributed by atoms with Gasteiger partial charge in [0.2, 0.25) is 5.91 Å². The van der Waals surface area contributed by atoms with Gasteiger partial charge in [-0.1, -0.05) is 72.8 Å². The van der Waals surface area contributed by atoms with Gasteiger partial charge in [-0.15, -0.1) is 11.8 Å². The topological polar surface area (TPSA) is 38.3 Å². The summed E-state index contributed by atoms with van der Waals surface area (Å²) in [6.07, 6.45) is 0. The van der Waals surface area contributed by atoms with Crippen LogP contribution in [0.2, 0.25) is 0 Å². The number of ether oxygens (including phenoxy) is 1. The van der Waals surface area contributed by atoms with E-state index in [-0.39, 0.29) is 11.2 Å². The molecule has 1 N–H and O–H groups in total. The van der Waals surface area contributed by atoms with Crippen LogP contribution in [-0.4, -0.2) is 12.5 Å². The highest BCUT2D eigenvalue weighted by Gasteiger charge is 2.22. The summed E-state index contributed by atoms with van der Waals surface area (Å²) in [4.78, 5) is 13.1. The first kappa shape index (κ1) is 19.1. The van der Waals surface area contributed by atoms with E-state index in [1.165, 1.54) is 5.56 Å². The van der Waals surface area contributed by atoms with Gasteiger partial charge in [-0.3, -0.25) is 4.79 Å². The molecular weight excluding hydrogens is 354 g/mol. The predicted octanol–water partition coefficient (Wildman–Crippen LogP) is 5.70. The fourth-order valence-electron chi connectivity index (χ4n) is 2.75. The standard InChI is InChI=1S/C23H23NO2S/c1-2-26-21-16-10-9-15-20(21)24-23(25)22(19-13-7-4-8-14-19)27-17-18-11-5-3-6-12-18/h3-16,22H,2,17H2,1H3,(H,24,25)/t22-/m1/s1. The monoisotopic (exact) mass is 377 g/mol. The lowest BCUT2D eigenvalue weighted by Crippen LogP contribution is -2.19. The Labute approximate surface area is 164 Å². The molecule has 0 radical (unpaired) electrons. The van der Waals surface area contributed by atoms with Crippen LogP contribution < -0.4 is 10.1 Å². The first-order valence-electron chi connectivity index (χ1n) is 9.01. The minimum atomic E-state index is -0.305. The lowest BCUT2D eigenvalue weighted by Gasteiger charge is -2.18. The van der Waals surface area contributed by atoms with Gasteiger partial charge in [0.15, 0.2) is 0 Å². The smallest absolute Gasteiger partial charge is 0.242 e. The summed E-state index contributed by atoms with van der Waals surface area (Å²) in [5, 5.41) is 2.74. The Morgan fingerprint density at radius 2 is 1.56 bits per heavy atom. The van der Waals surface area contributed by atoms with Crippen molar-refractivity contribution in [2.45, 2.75) is 17.9 Å². The first-order valence-corrected chi connectivity index (χ1v) is 10.1. The van der Waals surface area contributed by atoms with Gasteiger partial charge in [0.25, 0.3) is 0 Å². The third-order valence-electron chi connectivity index (χ3n) is 4.04. The van der Waals surface area contributed by atoms with E-state index in [4.69, 9.17) is 4.74 Å². The van der Waals surface area contributed by atoms with E-state index in [0.717, 1.165) is 11.3 Å². The van der Waals surface area contributed by atoms with E-state index in [1.807, 2.05) is 79.7 Å². The van der Waals surface area contributed by atoms with E-state index in [1.54, 1.807) is 11.8 Å². The van der Waals surface area contributed by atoms with E-state index in [2.05, 4.69) is 17.4 Å². The SMILES string of the molecule is CCOc1ccccc1NC(=O)[C@H](SCc1ccccc1)c1ccccc1. The highest BCUT2D eigenvalue weighted by Crippen LogP contribution is 2.34. The highest BCUT2D eigenvalue weighted by atomic mass is 32.2. The fourth-order valence-corrected chi connectivity index (χ4v) is 3.87. The van der Waals surface area contributed by atoms with Gasteiger partial charge < -0.3 is 10.1 Å². The summed E-state index contributed by atoms with van der Waals surface area (Å²) in [5.74, 6) is 1.41. The van der Waals surface area contributed by atoms with Gasteiger partial charge in [0.05, 0.1) is 12.3 Å². The Morgan fingerprint density at radius 1 is 0.926 bits per heavy atom. The average Bonchev–Trinajstić information content (AvgIpc) is 2.71. The number of hydrogen-bond acceptors (Lipinski definition) is 3. The van der Waals surface area contributed by atoms with Crippen molar-refractivity contribution in [3.63, 3.8) is 0 Å². The molecular formula is C23H23NO2S. The van der Waals surface area contributed by atoms with Gasteiger partial charge in [-0.05, 0) is 30.2 Å². The van der Waals surface area contributed by atoms with Gasteiger partial charge in [0.1, 0.15) is 11.0 Å². The van der Waals surface area contributed by atoms with Gasteiger partial charge in [-0.25, -0.2) is 0 Å². The molecule has 3 nitrogen and oxygen atoms in total. The van der Waals surface area contributed by atoms with Crippen LogP contribution in [0.5, 0.6) is 5.75 Å². The molecule has 3 rings (SSSR count). The van der Waals surface area contributed by atoms with Crippen LogP contribution in [0.15, 0.2) is 84.9 Å². The fraction of sp³-hybridized carbons (Fsp3) is 0.174. The predicted molar refractivity (Wildman–Crippen MR) is 113 cm³/mol. The average molecular weight is 378 g/mol. The third kappa shape index (κ3) is 5.38. The van der Waals surface area contributed by atoms with Crippen LogP contribution in [0.4, 0.5) is 5.69 Å². The normalized spacial score (nSPS) is 11.6. The van der Waals surface area contributed by atoms with Crippen molar-refractivity contribution >= 4 is 23.4 Å². The zero-order chi connectivity index (χ0) is 18.9. The molecule has 0 aliphatic rings. The molecule has 3 aromatic carbocycles. The molecule has 0 spiro atoms. The molecule has 1 atom stereocenters. The maximum atomic E-state index is 13.1. The van der Waals surface area contributed by atoms with Gasteiger partial charge in [0, 0.05) is 5.75 Å². The molecule has 0 heterocycles. The van der Waals surface area contributed by atoms with Gasteiger partial charge in [-0.2, -0.15) is 0 Å². The second-order valence-corrected chi connectivity index (χ2v) is 7.10. The van der Waals surface area contributed by atoms with Crippen LogP contribution >= 0.6 is 11.8 Å². The van der Waals surface area contributed by atoms with Gasteiger partial charge >= 0.3 is 0 Å². The Kier molecular flexibility index (Phi) is 6.94. The van der Waals surface area contributed by atoms with Crippen LogP contribution in [0, 0.1) is 0 Å². The number of nitrogens with one attached hydrogen (secondary N) is 1. The van der Waals surface area contributed by atoms with Crippen molar-refractivity contribution in [3.05, 3.63) is 96.1 Å². The molecule has 0 saturated carbocycles. The molecule has 0 aliphatic heterocycles. The Hall–Kier alpha value is -2.72. The third-order valence-corrected chi connectivity index (χ3v) is 5.36. The second-order valence-electron chi connectivity index (χ2n) is 6.01. The van der Waals surface area contributed by atoms with Crippen molar-refractivity contribution in [2.75, 3.05) is 11.9 Å². The van der Waals surface area contributed by atoms with Crippen LogP contribution in [0.3, 0.4) is 0 Å². The number of thioether (sulfide) groups is 1. The number of hydrogen-bond donors (Lipinski definition) is 1. The number of amides is 1. The maximum Gasteiger partial charge on any atom is 0.242 e. The first-order chi connectivity index (χ1) is 13.3. The zero-order valence-corrected chi connectivity index (χ0v) is 16.1.